The highest BCUT2D eigenvalue weighted by molar-refractivity contribution is 6.33. The number of allylic oxidation sites excluding steroid dienone is 1. The zero-order chi connectivity index (χ0) is 17.5. The molecule has 0 atom stereocenters. The van der Waals surface area contributed by atoms with Crippen molar-refractivity contribution in [2.45, 2.75) is 6.92 Å². The van der Waals surface area contributed by atoms with E-state index in [1.807, 2.05) is 6.92 Å². The van der Waals surface area contributed by atoms with Crippen LogP contribution in [-0.4, -0.2) is 17.0 Å². The summed E-state index contributed by atoms with van der Waals surface area (Å²) in [5, 5.41) is 14.8. The summed E-state index contributed by atoms with van der Waals surface area (Å²) in [7, 11) is 0. The van der Waals surface area contributed by atoms with Crippen molar-refractivity contribution >= 4 is 35.5 Å². The number of hydrogen-bond acceptors (Lipinski definition) is 4. The van der Waals surface area contributed by atoms with E-state index in [4.69, 9.17) is 11.6 Å². The van der Waals surface area contributed by atoms with Crippen LogP contribution in [0, 0.1) is 17.0 Å². The molecule has 24 heavy (non-hydrogen) atoms. The molecular weight excluding hydrogens is 330 g/mol. The monoisotopic (exact) mass is 343 g/mol. The maximum atomic E-state index is 11.9. The Balaban J connectivity index is 1.95. The van der Waals surface area contributed by atoms with Gasteiger partial charge in [0.05, 0.1) is 15.5 Å². The summed E-state index contributed by atoms with van der Waals surface area (Å²) in [5.74, 6) is -0.417. The Labute approximate surface area is 143 Å². The van der Waals surface area contributed by atoms with Crippen molar-refractivity contribution in [2.75, 3.05) is 0 Å². The summed E-state index contributed by atoms with van der Waals surface area (Å²) in [5.41, 5.74) is 4.32. The van der Waals surface area contributed by atoms with Gasteiger partial charge in [-0.2, -0.15) is 5.10 Å². The van der Waals surface area contributed by atoms with Gasteiger partial charge in [0.1, 0.15) is 0 Å². The van der Waals surface area contributed by atoms with E-state index in [0.29, 0.717) is 16.1 Å². The number of hydrazone groups is 1. The van der Waals surface area contributed by atoms with Crippen LogP contribution >= 0.6 is 11.6 Å². The van der Waals surface area contributed by atoms with Gasteiger partial charge >= 0.3 is 0 Å². The summed E-state index contributed by atoms with van der Waals surface area (Å²) < 4.78 is 0. The third-order valence-corrected chi connectivity index (χ3v) is 3.38. The standard InChI is InChI=1S/C17H14ClN3O3/c1-12-7-8-15(16(18)10-12)17(22)20-19-9-3-5-13-4-2-6-14(11-13)21(23)24/h2-11H,1H3,(H,20,22)/b5-3+,19-9-. The van der Waals surface area contributed by atoms with Crippen LogP contribution in [0.2, 0.25) is 5.02 Å². The smallest absolute Gasteiger partial charge is 0.267 e. The number of benzene rings is 2. The first-order chi connectivity index (χ1) is 11.5. The predicted octanol–water partition coefficient (Wildman–Crippen LogP) is 3.99. The Morgan fingerprint density at radius 1 is 1.29 bits per heavy atom. The van der Waals surface area contributed by atoms with Crippen molar-refractivity contribution in [1.29, 1.82) is 0 Å². The number of rotatable bonds is 5. The largest absolute Gasteiger partial charge is 0.272 e. The maximum Gasteiger partial charge on any atom is 0.272 e. The molecule has 122 valence electrons. The fourth-order valence-electron chi connectivity index (χ4n) is 1.90. The maximum absolute atomic E-state index is 11.9. The van der Waals surface area contributed by atoms with Gasteiger partial charge in [0.15, 0.2) is 0 Å². The van der Waals surface area contributed by atoms with Gasteiger partial charge in [-0.15, -0.1) is 0 Å². The summed E-state index contributed by atoms with van der Waals surface area (Å²) in [6, 6.07) is 11.3. The number of non-ortho nitro benzene ring substituents is 1. The second-order valence-electron chi connectivity index (χ2n) is 4.91. The van der Waals surface area contributed by atoms with Gasteiger partial charge in [0.2, 0.25) is 0 Å². The van der Waals surface area contributed by atoms with E-state index in [0.717, 1.165) is 5.56 Å². The second kappa shape index (κ2) is 8.03. The summed E-state index contributed by atoms with van der Waals surface area (Å²) in [6.45, 7) is 1.88. The van der Waals surface area contributed by atoms with Crippen LogP contribution in [0.4, 0.5) is 5.69 Å². The molecule has 6 nitrogen and oxygen atoms in total. The van der Waals surface area contributed by atoms with Crippen molar-refractivity contribution in [3.63, 3.8) is 0 Å². The Hall–Kier alpha value is -2.99. The Bertz CT molecular complexity index is 832. The van der Waals surface area contributed by atoms with E-state index in [1.165, 1.54) is 18.3 Å². The number of nitro groups is 1. The highest BCUT2D eigenvalue weighted by Gasteiger charge is 2.08. The number of nitrogens with one attached hydrogen (secondary N) is 1. The quantitative estimate of drug-likeness (QED) is 0.506. The van der Waals surface area contributed by atoms with Crippen molar-refractivity contribution < 1.29 is 9.72 Å². The fraction of sp³-hybridized carbons (Fsp3) is 0.0588. The van der Waals surface area contributed by atoms with Gasteiger partial charge in [-0.25, -0.2) is 5.43 Å². The number of nitrogens with zero attached hydrogens (tertiary/aromatic N) is 2. The lowest BCUT2D eigenvalue weighted by molar-refractivity contribution is -0.384. The molecular formula is C17H14ClN3O3. The van der Waals surface area contributed by atoms with Crippen LogP contribution in [0.5, 0.6) is 0 Å². The van der Waals surface area contributed by atoms with Crippen LogP contribution in [-0.2, 0) is 0 Å². The average molecular weight is 344 g/mol. The van der Waals surface area contributed by atoms with E-state index in [9.17, 15) is 14.9 Å². The van der Waals surface area contributed by atoms with Gasteiger partial charge < -0.3 is 0 Å². The lowest BCUT2D eigenvalue weighted by Crippen LogP contribution is -2.17. The lowest BCUT2D eigenvalue weighted by atomic mass is 10.1. The summed E-state index contributed by atoms with van der Waals surface area (Å²) in [6.07, 6.45) is 4.58. The van der Waals surface area contributed by atoms with E-state index in [-0.39, 0.29) is 5.69 Å². The Morgan fingerprint density at radius 2 is 2.08 bits per heavy atom. The van der Waals surface area contributed by atoms with Crippen molar-refractivity contribution in [3.05, 3.63) is 80.4 Å². The third-order valence-electron chi connectivity index (χ3n) is 3.07. The molecule has 0 fully saturated rings. The molecule has 7 heteroatoms. The number of halogens is 1. The van der Waals surface area contributed by atoms with Gasteiger partial charge in [-0.3, -0.25) is 14.9 Å². The van der Waals surface area contributed by atoms with Crippen molar-refractivity contribution in [2.24, 2.45) is 5.10 Å². The zero-order valence-electron chi connectivity index (χ0n) is 12.8. The molecule has 0 bridgehead atoms. The summed E-state index contributed by atoms with van der Waals surface area (Å²) in [4.78, 5) is 22.1. The van der Waals surface area contributed by atoms with Gasteiger partial charge in [0.25, 0.3) is 11.6 Å². The van der Waals surface area contributed by atoms with E-state index >= 15 is 0 Å². The molecule has 0 spiro atoms. The SMILES string of the molecule is Cc1ccc(C(=O)N/N=C\C=C\c2cccc([N+](=O)[O-])c2)c(Cl)c1. The molecule has 0 radical (unpaired) electrons. The average Bonchev–Trinajstić information content (AvgIpc) is 2.54. The molecule has 1 N–H and O–H groups in total. The van der Waals surface area contributed by atoms with Gasteiger partial charge in [-0.05, 0) is 36.3 Å². The lowest BCUT2D eigenvalue weighted by Gasteiger charge is -2.02. The number of amides is 1. The molecule has 2 aromatic rings. The molecule has 2 rings (SSSR count). The predicted molar refractivity (Wildman–Crippen MR) is 94.3 cm³/mol. The zero-order valence-corrected chi connectivity index (χ0v) is 13.5. The second-order valence-corrected chi connectivity index (χ2v) is 5.32. The van der Waals surface area contributed by atoms with Crippen LogP contribution in [0.15, 0.2) is 53.6 Å². The van der Waals surface area contributed by atoms with E-state index in [1.54, 1.807) is 42.5 Å². The number of aryl methyl sites for hydroxylation is 1. The molecule has 0 unspecified atom stereocenters. The number of nitro benzene ring substituents is 1. The van der Waals surface area contributed by atoms with E-state index in [2.05, 4.69) is 10.5 Å². The van der Waals surface area contributed by atoms with Crippen LogP contribution in [0.1, 0.15) is 21.5 Å². The minimum Gasteiger partial charge on any atom is -0.267 e. The first-order valence-electron chi connectivity index (χ1n) is 6.98. The fourth-order valence-corrected chi connectivity index (χ4v) is 2.22. The Kier molecular flexibility index (Phi) is 5.81. The molecule has 0 aliphatic rings. The molecule has 0 saturated heterocycles. The topological polar surface area (TPSA) is 84.6 Å². The molecule has 0 aliphatic heterocycles. The van der Waals surface area contributed by atoms with Crippen LogP contribution in [0.25, 0.3) is 6.08 Å². The molecule has 0 aromatic heterocycles. The van der Waals surface area contributed by atoms with Crippen molar-refractivity contribution in [1.82, 2.24) is 5.43 Å². The number of carbonyl (C=O) groups is 1. The number of carbonyl (C=O) groups excluding carboxylic acids is 1. The molecule has 0 saturated carbocycles. The minimum atomic E-state index is -0.461. The van der Waals surface area contributed by atoms with Crippen LogP contribution in [0.3, 0.4) is 0 Å². The summed E-state index contributed by atoms with van der Waals surface area (Å²) >= 11 is 6.00. The highest BCUT2D eigenvalue weighted by atomic mass is 35.5. The molecule has 0 aliphatic carbocycles. The third kappa shape index (κ3) is 4.76. The van der Waals surface area contributed by atoms with Gasteiger partial charge in [-0.1, -0.05) is 35.9 Å². The van der Waals surface area contributed by atoms with E-state index < -0.39 is 10.8 Å². The van der Waals surface area contributed by atoms with Gasteiger partial charge in [0, 0.05) is 18.3 Å². The normalized spacial score (nSPS) is 11.1. The Morgan fingerprint density at radius 3 is 2.79 bits per heavy atom. The first kappa shape index (κ1) is 17.4. The van der Waals surface area contributed by atoms with Crippen molar-refractivity contribution in [3.8, 4) is 0 Å². The minimum absolute atomic E-state index is 0.0106. The van der Waals surface area contributed by atoms with Crippen LogP contribution < -0.4 is 5.43 Å². The first-order valence-corrected chi connectivity index (χ1v) is 7.36. The molecule has 0 heterocycles. The number of hydrogen-bond donors (Lipinski definition) is 1. The molecule has 1 amide bonds. The molecule has 2 aromatic carbocycles. The highest BCUT2D eigenvalue weighted by Crippen LogP contribution is 2.17.